The smallest absolute Gasteiger partial charge is 0.176 e. The highest BCUT2D eigenvalue weighted by Crippen LogP contribution is 2.37. The minimum atomic E-state index is 0.159. The highest BCUT2D eigenvalue weighted by atomic mass is 16.5. The van der Waals surface area contributed by atoms with E-state index in [4.69, 9.17) is 4.74 Å². The largest absolute Gasteiger partial charge is 0.457 e. The number of nitrogens with zero attached hydrogens (tertiary/aromatic N) is 2. The standard InChI is InChI=1S/C31H40N2O3/c1-32(26-9-5-3-6-10-26)20-28(34)22-13-15-30-24(17-22)19-25-18-23(14-16-31(25)36-30)29(35)21-33(2)27-11-7-4-8-12-27/h13-18,26-27H,3-12,19-21H2,1-2H3. The third-order valence-corrected chi connectivity index (χ3v) is 8.55. The summed E-state index contributed by atoms with van der Waals surface area (Å²) in [7, 11) is 4.16. The fraction of sp³-hybridized carbons (Fsp3) is 0.548. The van der Waals surface area contributed by atoms with Crippen molar-refractivity contribution >= 4 is 11.6 Å². The third-order valence-electron chi connectivity index (χ3n) is 8.55. The summed E-state index contributed by atoms with van der Waals surface area (Å²) in [5.41, 5.74) is 3.50. The van der Waals surface area contributed by atoms with Gasteiger partial charge in [0.05, 0.1) is 13.1 Å². The summed E-state index contributed by atoms with van der Waals surface area (Å²) in [6.07, 6.45) is 13.1. The van der Waals surface area contributed by atoms with Gasteiger partial charge in [-0.3, -0.25) is 19.4 Å². The fourth-order valence-electron chi connectivity index (χ4n) is 6.24. The molecule has 0 saturated heterocycles. The highest BCUT2D eigenvalue weighted by molar-refractivity contribution is 5.99. The van der Waals surface area contributed by atoms with Crippen molar-refractivity contribution in [2.45, 2.75) is 82.7 Å². The molecule has 5 rings (SSSR count). The van der Waals surface area contributed by atoms with Gasteiger partial charge in [0.25, 0.3) is 0 Å². The first kappa shape index (κ1) is 25.2. The quantitative estimate of drug-likeness (QED) is 0.349. The number of rotatable bonds is 8. The predicted molar refractivity (Wildman–Crippen MR) is 143 cm³/mol. The second kappa shape index (κ2) is 11.3. The molecule has 2 aromatic carbocycles. The van der Waals surface area contributed by atoms with E-state index in [1.54, 1.807) is 0 Å². The average molecular weight is 489 g/mol. The van der Waals surface area contributed by atoms with Crippen LogP contribution in [0.25, 0.3) is 0 Å². The van der Waals surface area contributed by atoms with Crippen molar-refractivity contribution in [3.8, 4) is 11.5 Å². The zero-order valence-corrected chi connectivity index (χ0v) is 21.9. The Morgan fingerprint density at radius 3 is 1.53 bits per heavy atom. The third kappa shape index (κ3) is 5.73. The molecule has 0 aromatic heterocycles. The molecule has 1 heterocycles. The number of likely N-dealkylation sites (N-methyl/N-ethyl adjacent to an activating group) is 2. The van der Waals surface area contributed by atoms with Crippen LogP contribution in [-0.4, -0.2) is 60.6 Å². The Balaban J connectivity index is 1.25. The molecule has 0 amide bonds. The molecular weight excluding hydrogens is 448 g/mol. The van der Waals surface area contributed by atoms with E-state index in [1.807, 2.05) is 36.4 Å². The summed E-state index contributed by atoms with van der Waals surface area (Å²) in [5, 5.41) is 0. The molecule has 36 heavy (non-hydrogen) atoms. The molecule has 0 radical (unpaired) electrons. The second-order valence-corrected chi connectivity index (χ2v) is 11.2. The molecule has 3 aliphatic rings. The first-order chi connectivity index (χ1) is 17.5. The van der Waals surface area contributed by atoms with Crippen molar-refractivity contribution in [1.82, 2.24) is 9.80 Å². The van der Waals surface area contributed by atoms with Crippen molar-refractivity contribution in [2.75, 3.05) is 27.2 Å². The van der Waals surface area contributed by atoms with Crippen LogP contribution in [0, 0.1) is 0 Å². The predicted octanol–water partition coefficient (Wildman–Crippen LogP) is 6.28. The fourth-order valence-corrected chi connectivity index (χ4v) is 6.24. The molecule has 1 aliphatic heterocycles. The molecule has 2 aliphatic carbocycles. The number of hydrogen-bond donors (Lipinski definition) is 0. The minimum Gasteiger partial charge on any atom is -0.457 e. The van der Waals surface area contributed by atoms with E-state index in [0.717, 1.165) is 33.8 Å². The van der Waals surface area contributed by atoms with Crippen molar-refractivity contribution in [3.05, 3.63) is 58.7 Å². The molecule has 0 spiro atoms. The normalized spacial score (nSPS) is 18.6. The van der Waals surface area contributed by atoms with E-state index in [2.05, 4.69) is 23.9 Å². The molecule has 192 valence electrons. The maximum atomic E-state index is 13.1. The molecule has 2 aromatic rings. The van der Waals surface area contributed by atoms with Crippen LogP contribution in [0.2, 0.25) is 0 Å². The summed E-state index contributed by atoms with van der Waals surface area (Å²) < 4.78 is 6.16. The van der Waals surface area contributed by atoms with Gasteiger partial charge in [0.1, 0.15) is 11.5 Å². The number of benzene rings is 2. The van der Waals surface area contributed by atoms with Crippen molar-refractivity contribution in [3.63, 3.8) is 0 Å². The van der Waals surface area contributed by atoms with Gasteiger partial charge in [-0.05, 0) is 76.2 Å². The van der Waals surface area contributed by atoms with Gasteiger partial charge < -0.3 is 4.74 Å². The topological polar surface area (TPSA) is 49.9 Å². The molecule has 5 nitrogen and oxygen atoms in total. The van der Waals surface area contributed by atoms with Crippen LogP contribution in [0.4, 0.5) is 0 Å². The lowest BCUT2D eigenvalue weighted by molar-refractivity contribution is 0.0892. The number of carbonyl (C=O) groups is 2. The van der Waals surface area contributed by atoms with E-state index in [1.165, 1.54) is 64.2 Å². The van der Waals surface area contributed by atoms with Crippen LogP contribution in [0.3, 0.4) is 0 Å². The first-order valence-electron chi connectivity index (χ1n) is 13.9. The number of ether oxygens (including phenoxy) is 1. The van der Waals surface area contributed by atoms with Gasteiger partial charge in [-0.2, -0.15) is 0 Å². The Bertz CT molecular complexity index is 1010. The van der Waals surface area contributed by atoms with Crippen LogP contribution >= 0.6 is 0 Å². The molecule has 0 bridgehead atoms. The summed E-state index contributed by atoms with van der Waals surface area (Å²) in [6.45, 7) is 0.905. The maximum Gasteiger partial charge on any atom is 0.176 e. The maximum absolute atomic E-state index is 13.1. The zero-order valence-electron chi connectivity index (χ0n) is 21.9. The lowest BCUT2D eigenvalue weighted by atomic mass is 9.93. The summed E-state index contributed by atoms with van der Waals surface area (Å²) in [5.74, 6) is 1.92. The van der Waals surface area contributed by atoms with Gasteiger partial charge in [0.2, 0.25) is 0 Å². The molecular formula is C31H40N2O3. The first-order valence-corrected chi connectivity index (χ1v) is 13.9. The second-order valence-electron chi connectivity index (χ2n) is 11.2. The van der Waals surface area contributed by atoms with Gasteiger partial charge in [0, 0.05) is 40.8 Å². The molecule has 5 heteroatoms. The average Bonchev–Trinajstić information content (AvgIpc) is 2.92. The van der Waals surface area contributed by atoms with Crippen LogP contribution in [0.1, 0.15) is 96.1 Å². The summed E-state index contributed by atoms with van der Waals surface area (Å²) >= 11 is 0. The van der Waals surface area contributed by atoms with Crippen molar-refractivity contribution in [2.24, 2.45) is 0 Å². The SMILES string of the molecule is CN(CC(=O)c1ccc2c(c1)Cc1cc(C(=O)CN(C)C3CCCCC3)ccc1O2)C1CCCCC1. The van der Waals surface area contributed by atoms with E-state index in [0.29, 0.717) is 31.6 Å². The Morgan fingerprint density at radius 2 is 1.11 bits per heavy atom. The Hall–Kier alpha value is -2.50. The summed E-state index contributed by atoms with van der Waals surface area (Å²) in [4.78, 5) is 30.6. The van der Waals surface area contributed by atoms with Crippen molar-refractivity contribution < 1.29 is 14.3 Å². The number of hydrogen-bond acceptors (Lipinski definition) is 5. The monoisotopic (exact) mass is 488 g/mol. The van der Waals surface area contributed by atoms with Gasteiger partial charge in [-0.15, -0.1) is 0 Å². The summed E-state index contributed by atoms with van der Waals surface area (Å²) in [6, 6.07) is 12.6. The van der Waals surface area contributed by atoms with Crippen LogP contribution in [0.15, 0.2) is 36.4 Å². The van der Waals surface area contributed by atoms with Gasteiger partial charge in [-0.1, -0.05) is 38.5 Å². The van der Waals surface area contributed by atoms with Gasteiger partial charge >= 0.3 is 0 Å². The van der Waals surface area contributed by atoms with E-state index >= 15 is 0 Å². The highest BCUT2D eigenvalue weighted by Gasteiger charge is 2.24. The number of carbonyl (C=O) groups excluding carboxylic acids is 2. The van der Waals surface area contributed by atoms with Crippen molar-refractivity contribution in [1.29, 1.82) is 0 Å². The zero-order chi connectivity index (χ0) is 25.1. The van der Waals surface area contributed by atoms with Gasteiger partial charge in [-0.25, -0.2) is 0 Å². The van der Waals surface area contributed by atoms with E-state index in [-0.39, 0.29) is 11.6 Å². The minimum absolute atomic E-state index is 0.159. The van der Waals surface area contributed by atoms with Gasteiger partial charge in [0.15, 0.2) is 11.6 Å². The van der Waals surface area contributed by atoms with E-state index < -0.39 is 0 Å². The Labute approximate surface area is 215 Å². The van der Waals surface area contributed by atoms with Crippen LogP contribution in [-0.2, 0) is 6.42 Å². The molecule has 0 unspecified atom stereocenters. The lowest BCUT2D eigenvalue weighted by Gasteiger charge is -2.30. The molecule has 0 N–H and O–H groups in total. The Kier molecular flexibility index (Phi) is 7.87. The molecule has 0 atom stereocenters. The Morgan fingerprint density at radius 1 is 0.694 bits per heavy atom. The number of ketones is 2. The van der Waals surface area contributed by atoms with Crippen LogP contribution < -0.4 is 4.74 Å². The lowest BCUT2D eigenvalue weighted by Crippen LogP contribution is -2.37. The number of Topliss-reactive ketones (excluding diaryl/α,β-unsaturated/α-hetero) is 2. The molecule has 2 fully saturated rings. The van der Waals surface area contributed by atoms with Crippen LogP contribution in [0.5, 0.6) is 11.5 Å². The van der Waals surface area contributed by atoms with E-state index in [9.17, 15) is 9.59 Å². The molecule has 2 saturated carbocycles. The number of fused-ring (bicyclic) bond motifs is 2.